The van der Waals surface area contributed by atoms with Gasteiger partial charge in [-0.25, -0.2) is 0 Å². The van der Waals surface area contributed by atoms with Gasteiger partial charge in [-0.3, -0.25) is 0 Å². The standard InChI is InChI=1S/C14H27N3S/c1-5-6-7-8-9-10-11(15)12-13(14(2,3)4)16-17-18-12/h11H,5-10,15H2,1-4H3. The molecule has 1 heterocycles. The Kier molecular flexibility index (Phi) is 6.22. The summed E-state index contributed by atoms with van der Waals surface area (Å²) in [5.41, 5.74) is 7.40. The highest BCUT2D eigenvalue weighted by molar-refractivity contribution is 7.05. The first-order chi connectivity index (χ1) is 8.46. The fourth-order valence-electron chi connectivity index (χ4n) is 2.06. The summed E-state index contributed by atoms with van der Waals surface area (Å²) in [5, 5.41) is 4.25. The van der Waals surface area contributed by atoms with Crippen molar-refractivity contribution in [3.05, 3.63) is 10.6 Å². The molecule has 0 fully saturated rings. The predicted octanol–water partition coefficient (Wildman–Crippen LogP) is 4.20. The van der Waals surface area contributed by atoms with Crippen LogP contribution in [0.4, 0.5) is 0 Å². The Bertz CT molecular complexity index is 341. The SMILES string of the molecule is CCCCCCCC(N)c1snnc1C(C)(C)C. The van der Waals surface area contributed by atoms with Crippen LogP contribution >= 0.6 is 11.5 Å². The summed E-state index contributed by atoms with van der Waals surface area (Å²) in [6, 6.07) is 0.112. The number of nitrogens with zero attached hydrogens (tertiary/aromatic N) is 2. The smallest absolute Gasteiger partial charge is 0.0856 e. The summed E-state index contributed by atoms with van der Waals surface area (Å²) in [6.45, 7) is 8.74. The lowest BCUT2D eigenvalue weighted by atomic mass is 9.89. The Morgan fingerprint density at radius 2 is 1.83 bits per heavy atom. The van der Waals surface area contributed by atoms with Crippen molar-refractivity contribution in [2.75, 3.05) is 0 Å². The van der Waals surface area contributed by atoms with E-state index in [-0.39, 0.29) is 11.5 Å². The Morgan fingerprint density at radius 3 is 2.44 bits per heavy atom. The summed E-state index contributed by atoms with van der Waals surface area (Å²) in [5.74, 6) is 0. The Hall–Kier alpha value is -0.480. The molecule has 0 bridgehead atoms. The van der Waals surface area contributed by atoms with Gasteiger partial charge in [-0.1, -0.05) is 64.3 Å². The van der Waals surface area contributed by atoms with E-state index in [0.29, 0.717) is 0 Å². The lowest BCUT2D eigenvalue weighted by molar-refractivity contribution is 0.526. The Labute approximate surface area is 115 Å². The molecular formula is C14H27N3S. The van der Waals surface area contributed by atoms with Crippen molar-refractivity contribution in [2.24, 2.45) is 5.73 Å². The molecular weight excluding hydrogens is 242 g/mol. The van der Waals surface area contributed by atoms with Crippen LogP contribution in [0.2, 0.25) is 0 Å². The van der Waals surface area contributed by atoms with E-state index in [1.807, 2.05) is 0 Å². The van der Waals surface area contributed by atoms with E-state index >= 15 is 0 Å². The molecule has 18 heavy (non-hydrogen) atoms. The van der Waals surface area contributed by atoms with Crippen molar-refractivity contribution in [1.29, 1.82) is 0 Å². The van der Waals surface area contributed by atoms with Gasteiger partial charge in [-0.2, -0.15) is 0 Å². The molecule has 0 saturated carbocycles. The predicted molar refractivity (Wildman–Crippen MR) is 78.9 cm³/mol. The number of hydrogen-bond donors (Lipinski definition) is 1. The zero-order valence-corrected chi connectivity index (χ0v) is 13.0. The van der Waals surface area contributed by atoms with Crippen LogP contribution in [-0.2, 0) is 5.41 Å². The maximum atomic E-state index is 6.28. The van der Waals surface area contributed by atoms with Crippen LogP contribution in [0.25, 0.3) is 0 Å². The minimum absolute atomic E-state index is 0.0438. The molecule has 0 aliphatic heterocycles. The largest absolute Gasteiger partial charge is 0.323 e. The molecule has 0 aliphatic carbocycles. The summed E-state index contributed by atoms with van der Waals surface area (Å²) < 4.78 is 4.08. The Balaban J connectivity index is 2.47. The van der Waals surface area contributed by atoms with Gasteiger partial charge in [0.15, 0.2) is 0 Å². The molecule has 3 nitrogen and oxygen atoms in total. The molecule has 104 valence electrons. The highest BCUT2D eigenvalue weighted by Gasteiger charge is 2.25. The summed E-state index contributed by atoms with van der Waals surface area (Å²) in [6.07, 6.45) is 7.51. The zero-order valence-electron chi connectivity index (χ0n) is 12.2. The van der Waals surface area contributed by atoms with Gasteiger partial charge in [0.05, 0.1) is 10.6 Å². The summed E-state index contributed by atoms with van der Waals surface area (Å²) >= 11 is 1.47. The van der Waals surface area contributed by atoms with Crippen molar-refractivity contribution in [3.8, 4) is 0 Å². The molecule has 0 aliphatic rings. The number of aromatic nitrogens is 2. The van der Waals surface area contributed by atoms with Gasteiger partial charge < -0.3 is 5.73 Å². The van der Waals surface area contributed by atoms with Crippen LogP contribution in [-0.4, -0.2) is 9.59 Å². The van der Waals surface area contributed by atoms with Crippen molar-refractivity contribution in [2.45, 2.75) is 77.7 Å². The van der Waals surface area contributed by atoms with Crippen molar-refractivity contribution < 1.29 is 0 Å². The second-order valence-corrected chi connectivity index (χ2v) is 6.83. The second-order valence-electron chi connectivity index (χ2n) is 6.05. The maximum absolute atomic E-state index is 6.28. The highest BCUT2D eigenvalue weighted by Crippen LogP contribution is 2.31. The third-order valence-corrected chi connectivity index (χ3v) is 4.04. The van der Waals surface area contributed by atoms with Crippen molar-refractivity contribution in [1.82, 2.24) is 9.59 Å². The van der Waals surface area contributed by atoms with Crippen LogP contribution in [0.3, 0.4) is 0 Å². The monoisotopic (exact) mass is 269 g/mol. The molecule has 1 aromatic rings. The van der Waals surface area contributed by atoms with E-state index in [2.05, 4.69) is 37.3 Å². The summed E-state index contributed by atoms with van der Waals surface area (Å²) in [7, 11) is 0. The molecule has 1 rings (SSSR count). The first-order valence-corrected chi connectivity index (χ1v) is 7.82. The minimum Gasteiger partial charge on any atom is -0.323 e. The minimum atomic E-state index is 0.0438. The Morgan fingerprint density at radius 1 is 1.17 bits per heavy atom. The van der Waals surface area contributed by atoms with Crippen molar-refractivity contribution in [3.63, 3.8) is 0 Å². The average Bonchev–Trinajstić information content (AvgIpc) is 2.77. The normalized spacial score (nSPS) is 13.8. The fourth-order valence-corrected chi connectivity index (χ4v) is 2.96. The molecule has 1 aromatic heterocycles. The second kappa shape index (κ2) is 7.19. The average molecular weight is 269 g/mol. The first kappa shape index (κ1) is 15.6. The fraction of sp³-hybridized carbons (Fsp3) is 0.857. The topological polar surface area (TPSA) is 51.8 Å². The lowest BCUT2D eigenvalue weighted by Crippen LogP contribution is -2.19. The quantitative estimate of drug-likeness (QED) is 0.755. The highest BCUT2D eigenvalue weighted by atomic mass is 32.1. The van der Waals surface area contributed by atoms with E-state index in [0.717, 1.165) is 12.1 Å². The van der Waals surface area contributed by atoms with Gasteiger partial charge in [0.2, 0.25) is 0 Å². The molecule has 4 heteroatoms. The molecule has 0 saturated heterocycles. The van der Waals surface area contributed by atoms with Gasteiger partial charge in [-0.05, 0) is 18.0 Å². The zero-order chi connectivity index (χ0) is 13.6. The number of hydrogen-bond acceptors (Lipinski definition) is 4. The van der Waals surface area contributed by atoms with Gasteiger partial charge >= 0.3 is 0 Å². The maximum Gasteiger partial charge on any atom is 0.0856 e. The van der Waals surface area contributed by atoms with E-state index in [9.17, 15) is 0 Å². The van der Waals surface area contributed by atoms with Gasteiger partial charge in [0.1, 0.15) is 0 Å². The first-order valence-electron chi connectivity index (χ1n) is 7.05. The molecule has 1 unspecified atom stereocenters. The van der Waals surface area contributed by atoms with E-state index in [4.69, 9.17) is 5.73 Å². The van der Waals surface area contributed by atoms with Crippen LogP contribution in [0.15, 0.2) is 0 Å². The van der Waals surface area contributed by atoms with Gasteiger partial charge in [0, 0.05) is 11.5 Å². The summed E-state index contributed by atoms with van der Waals surface area (Å²) in [4.78, 5) is 1.18. The van der Waals surface area contributed by atoms with Gasteiger partial charge in [-0.15, -0.1) is 5.10 Å². The number of rotatable bonds is 7. The number of nitrogens with two attached hydrogens (primary N) is 1. The third-order valence-electron chi connectivity index (χ3n) is 3.18. The molecule has 1 atom stereocenters. The molecule has 0 radical (unpaired) electrons. The van der Waals surface area contributed by atoms with Crippen LogP contribution in [0.5, 0.6) is 0 Å². The third kappa shape index (κ3) is 4.65. The van der Waals surface area contributed by atoms with Crippen LogP contribution < -0.4 is 5.73 Å². The molecule has 0 spiro atoms. The molecule has 2 N–H and O–H groups in total. The van der Waals surface area contributed by atoms with Crippen molar-refractivity contribution >= 4 is 11.5 Å². The van der Waals surface area contributed by atoms with Gasteiger partial charge in [0.25, 0.3) is 0 Å². The van der Waals surface area contributed by atoms with E-state index in [1.54, 1.807) is 0 Å². The van der Waals surface area contributed by atoms with Crippen LogP contribution in [0.1, 0.15) is 82.8 Å². The number of unbranched alkanes of at least 4 members (excludes halogenated alkanes) is 4. The molecule has 0 amide bonds. The van der Waals surface area contributed by atoms with E-state index in [1.165, 1.54) is 48.5 Å². The van der Waals surface area contributed by atoms with E-state index < -0.39 is 0 Å². The lowest BCUT2D eigenvalue weighted by Gasteiger charge is -2.19. The van der Waals surface area contributed by atoms with Crippen LogP contribution in [0, 0.1) is 0 Å². The molecule has 0 aromatic carbocycles.